The second-order valence-electron chi connectivity index (χ2n) is 4.03. The molecule has 0 heterocycles. The Morgan fingerprint density at radius 2 is 1.86 bits per heavy atom. The third-order valence-corrected chi connectivity index (χ3v) is 1.91. The minimum atomic E-state index is -0.0635. The Kier molecular flexibility index (Phi) is 8.64. The summed E-state index contributed by atoms with van der Waals surface area (Å²) in [5.74, 6) is 0.364. The maximum atomic E-state index is 11.1. The van der Waals surface area contributed by atoms with Crippen LogP contribution in [0.4, 0.5) is 0 Å². The molecule has 0 aromatic carbocycles. The average Bonchev–Trinajstić information content (AvgIpc) is 2.14. The second-order valence-corrected chi connectivity index (χ2v) is 4.03. The molecule has 0 atom stereocenters. The molecule has 3 nitrogen and oxygen atoms in total. The minimum Gasteiger partial charge on any atom is -0.465 e. The molecule has 0 unspecified atom stereocenters. The van der Waals surface area contributed by atoms with E-state index in [4.69, 9.17) is 10.5 Å². The number of hydrogen-bond donors (Lipinski definition) is 1. The van der Waals surface area contributed by atoms with Crippen molar-refractivity contribution < 1.29 is 9.53 Å². The number of carbonyl (C=O) groups is 1. The number of hydrogen-bond acceptors (Lipinski definition) is 3. The van der Waals surface area contributed by atoms with Crippen molar-refractivity contribution in [2.75, 3.05) is 13.2 Å². The fraction of sp³-hybridized carbons (Fsp3) is 0.909. The highest BCUT2D eigenvalue weighted by molar-refractivity contribution is 5.69. The first-order chi connectivity index (χ1) is 6.66. The first kappa shape index (κ1) is 13.4. The van der Waals surface area contributed by atoms with Crippen LogP contribution in [0.15, 0.2) is 0 Å². The molecular formula is C11H23NO2. The smallest absolute Gasteiger partial charge is 0.305 e. The Hall–Kier alpha value is -0.570. The van der Waals surface area contributed by atoms with Gasteiger partial charge in [-0.15, -0.1) is 0 Å². The van der Waals surface area contributed by atoms with E-state index in [1.165, 1.54) is 0 Å². The lowest BCUT2D eigenvalue weighted by Crippen LogP contribution is -2.09. The summed E-state index contributed by atoms with van der Waals surface area (Å²) < 4.78 is 5.05. The van der Waals surface area contributed by atoms with Crippen molar-refractivity contribution in [3.63, 3.8) is 0 Å². The van der Waals surface area contributed by atoms with Gasteiger partial charge >= 0.3 is 5.97 Å². The molecule has 0 amide bonds. The van der Waals surface area contributed by atoms with Gasteiger partial charge in [0.1, 0.15) is 0 Å². The monoisotopic (exact) mass is 201 g/mol. The zero-order valence-corrected chi connectivity index (χ0v) is 9.42. The quantitative estimate of drug-likeness (QED) is 0.483. The lowest BCUT2D eigenvalue weighted by atomic mass is 10.1. The summed E-state index contributed by atoms with van der Waals surface area (Å²) in [6.07, 6.45) is 4.73. The Bertz CT molecular complexity index is 146. The van der Waals surface area contributed by atoms with E-state index >= 15 is 0 Å². The number of carbonyl (C=O) groups excluding carboxylic acids is 1. The fourth-order valence-corrected chi connectivity index (χ4v) is 1.10. The second kappa shape index (κ2) is 9.00. The van der Waals surface area contributed by atoms with Gasteiger partial charge in [-0.2, -0.15) is 0 Å². The Morgan fingerprint density at radius 1 is 1.21 bits per heavy atom. The van der Waals surface area contributed by atoms with E-state index < -0.39 is 0 Å². The van der Waals surface area contributed by atoms with Gasteiger partial charge in [-0.1, -0.05) is 26.7 Å². The minimum absolute atomic E-state index is 0.0635. The predicted octanol–water partition coefficient (Wildman–Crippen LogP) is 2.09. The van der Waals surface area contributed by atoms with Gasteiger partial charge in [0.25, 0.3) is 0 Å². The van der Waals surface area contributed by atoms with Crippen LogP contribution in [-0.4, -0.2) is 19.1 Å². The highest BCUT2D eigenvalue weighted by Crippen LogP contribution is 2.04. The number of rotatable bonds is 8. The van der Waals surface area contributed by atoms with E-state index in [0.717, 1.165) is 32.2 Å². The van der Waals surface area contributed by atoms with Crippen LogP contribution < -0.4 is 5.73 Å². The largest absolute Gasteiger partial charge is 0.465 e. The van der Waals surface area contributed by atoms with Crippen LogP contribution in [0.25, 0.3) is 0 Å². The highest BCUT2D eigenvalue weighted by atomic mass is 16.5. The van der Waals surface area contributed by atoms with Crippen molar-refractivity contribution >= 4 is 5.97 Å². The standard InChI is InChI=1S/C11H23NO2/c1-10(2)9-14-11(13)7-5-3-4-6-8-12/h10H,3-9,12H2,1-2H3. The van der Waals surface area contributed by atoms with Crippen molar-refractivity contribution in [1.82, 2.24) is 0 Å². The molecule has 2 N–H and O–H groups in total. The molecule has 0 saturated carbocycles. The van der Waals surface area contributed by atoms with Crippen molar-refractivity contribution in [1.29, 1.82) is 0 Å². The summed E-state index contributed by atoms with van der Waals surface area (Å²) in [5.41, 5.74) is 5.36. The molecule has 0 aromatic heterocycles. The third-order valence-electron chi connectivity index (χ3n) is 1.91. The topological polar surface area (TPSA) is 52.3 Å². The van der Waals surface area contributed by atoms with Crippen LogP contribution in [0.1, 0.15) is 46.0 Å². The Morgan fingerprint density at radius 3 is 2.43 bits per heavy atom. The van der Waals surface area contributed by atoms with Crippen LogP contribution in [0.2, 0.25) is 0 Å². The molecule has 0 aromatic rings. The van der Waals surface area contributed by atoms with Crippen LogP contribution in [0.5, 0.6) is 0 Å². The van der Waals surface area contributed by atoms with Crippen molar-refractivity contribution in [3.8, 4) is 0 Å². The van der Waals surface area contributed by atoms with Crippen LogP contribution >= 0.6 is 0 Å². The predicted molar refractivity (Wildman–Crippen MR) is 57.9 cm³/mol. The van der Waals surface area contributed by atoms with Gasteiger partial charge in [0.15, 0.2) is 0 Å². The molecule has 84 valence electrons. The summed E-state index contributed by atoms with van der Waals surface area (Å²) in [7, 11) is 0. The van der Waals surface area contributed by atoms with Gasteiger partial charge in [0.2, 0.25) is 0 Å². The van der Waals surface area contributed by atoms with Crippen LogP contribution in [-0.2, 0) is 9.53 Å². The van der Waals surface area contributed by atoms with Crippen molar-refractivity contribution in [3.05, 3.63) is 0 Å². The third kappa shape index (κ3) is 9.52. The maximum absolute atomic E-state index is 11.1. The molecule has 14 heavy (non-hydrogen) atoms. The number of ether oxygens (including phenoxy) is 1. The molecule has 0 bridgehead atoms. The molecule has 0 aliphatic heterocycles. The van der Waals surface area contributed by atoms with E-state index in [1.54, 1.807) is 0 Å². The number of unbranched alkanes of at least 4 members (excludes halogenated alkanes) is 3. The summed E-state index contributed by atoms with van der Waals surface area (Å²) in [6, 6.07) is 0. The highest BCUT2D eigenvalue weighted by Gasteiger charge is 2.03. The normalized spacial score (nSPS) is 10.6. The van der Waals surface area contributed by atoms with E-state index in [2.05, 4.69) is 0 Å². The van der Waals surface area contributed by atoms with E-state index in [1.807, 2.05) is 13.8 Å². The average molecular weight is 201 g/mol. The molecule has 0 aliphatic carbocycles. The lowest BCUT2D eigenvalue weighted by Gasteiger charge is -2.06. The zero-order valence-electron chi connectivity index (χ0n) is 9.42. The van der Waals surface area contributed by atoms with Crippen LogP contribution in [0, 0.1) is 5.92 Å². The van der Waals surface area contributed by atoms with E-state index in [9.17, 15) is 4.79 Å². The Balaban J connectivity index is 3.18. The van der Waals surface area contributed by atoms with Gasteiger partial charge in [-0.3, -0.25) is 4.79 Å². The lowest BCUT2D eigenvalue weighted by molar-refractivity contribution is -0.144. The molecule has 0 radical (unpaired) electrons. The first-order valence-corrected chi connectivity index (χ1v) is 5.52. The zero-order chi connectivity index (χ0) is 10.8. The van der Waals surface area contributed by atoms with Gasteiger partial charge in [-0.25, -0.2) is 0 Å². The summed E-state index contributed by atoms with van der Waals surface area (Å²) in [6.45, 7) is 5.36. The van der Waals surface area contributed by atoms with Crippen LogP contribution in [0.3, 0.4) is 0 Å². The van der Waals surface area contributed by atoms with Gasteiger partial charge in [0.05, 0.1) is 6.61 Å². The van der Waals surface area contributed by atoms with Gasteiger partial charge < -0.3 is 10.5 Å². The SMILES string of the molecule is CC(C)COC(=O)CCCCCCN. The maximum Gasteiger partial charge on any atom is 0.305 e. The molecule has 0 saturated heterocycles. The first-order valence-electron chi connectivity index (χ1n) is 5.52. The van der Waals surface area contributed by atoms with Gasteiger partial charge in [-0.05, 0) is 25.3 Å². The summed E-state index contributed by atoms with van der Waals surface area (Å²) >= 11 is 0. The number of esters is 1. The van der Waals surface area contributed by atoms with E-state index in [-0.39, 0.29) is 5.97 Å². The summed E-state index contributed by atoms with van der Waals surface area (Å²) in [4.78, 5) is 11.1. The molecule has 0 aliphatic rings. The van der Waals surface area contributed by atoms with Crippen molar-refractivity contribution in [2.24, 2.45) is 11.7 Å². The van der Waals surface area contributed by atoms with Crippen molar-refractivity contribution in [2.45, 2.75) is 46.0 Å². The molecule has 0 rings (SSSR count). The molecule has 0 spiro atoms. The van der Waals surface area contributed by atoms with E-state index in [0.29, 0.717) is 18.9 Å². The fourth-order valence-electron chi connectivity index (χ4n) is 1.10. The number of nitrogens with two attached hydrogens (primary N) is 1. The molecular weight excluding hydrogens is 178 g/mol. The molecule has 0 fully saturated rings. The van der Waals surface area contributed by atoms with Gasteiger partial charge in [0, 0.05) is 6.42 Å². The summed E-state index contributed by atoms with van der Waals surface area (Å²) in [5, 5.41) is 0. The molecule has 3 heteroatoms. The Labute approximate surface area is 87.0 Å².